The van der Waals surface area contributed by atoms with Crippen LogP contribution in [0.15, 0.2) is 36.5 Å². The summed E-state index contributed by atoms with van der Waals surface area (Å²) in [6.45, 7) is 4.41. The molecule has 0 saturated carbocycles. The number of aromatic nitrogens is 2. The summed E-state index contributed by atoms with van der Waals surface area (Å²) in [5.74, 6) is -0.298. The molecular formula is C17H20N4O2. The van der Waals surface area contributed by atoms with Gasteiger partial charge in [0.15, 0.2) is 0 Å². The van der Waals surface area contributed by atoms with E-state index in [1.165, 1.54) is 6.20 Å². The molecule has 2 atom stereocenters. The lowest BCUT2D eigenvalue weighted by atomic mass is 9.96. The Morgan fingerprint density at radius 2 is 2.17 bits per heavy atom. The van der Waals surface area contributed by atoms with Gasteiger partial charge in [-0.15, -0.1) is 0 Å². The summed E-state index contributed by atoms with van der Waals surface area (Å²) in [6.07, 6.45) is 2.35. The largest absolute Gasteiger partial charge is 0.324 e. The van der Waals surface area contributed by atoms with Crippen molar-refractivity contribution >= 4 is 17.5 Å². The fraction of sp³-hybridized carbons (Fsp3) is 0.353. The Morgan fingerprint density at radius 3 is 2.87 bits per heavy atom. The van der Waals surface area contributed by atoms with Crippen LogP contribution in [0, 0.1) is 5.92 Å². The number of anilines is 1. The minimum absolute atomic E-state index is 0.0520. The summed E-state index contributed by atoms with van der Waals surface area (Å²) in [6, 6.07) is 8.71. The summed E-state index contributed by atoms with van der Waals surface area (Å²) < 4.78 is 0. The van der Waals surface area contributed by atoms with E-state index in [4.69, 9.17) is 0 Å². The van der Waals surface area contributed by atoms with E-state index in [1.54, 1.807) is 11.0 Å². The van der Waals surface area contributed by atoms with Crippen LogP contribution in [-0.2, 0) is 11.3 Å². The molecule has 2 aromatic rings. The first-order valence-corrected chi connectivity index (χ1v) is 7.81. The standard InChI is InChI=1S/C17H20N4O2/c1-3-11(2)15-16(22)19-13-7-5-4-6-12(13)10-21(15)17(23)14-8-9-18-20-14/h4-9,11,15H,3,10H2,1-2H3,(H,18,20)(H,19,22)/t11-,15-/m0/s1. The van der Waals surface area contributed by atoms with E-state index in [0.29, 0.717) is 12.2 Å². The average molecular weight is 312 g/mol. The van der Waals surface area contributed by atoms with Crippen LogP contribution in [0.3, 0.4) is 0 Å². The van der Waals surface area contributed by atoms with Crippen LogP contribution >= 0.6 is 0 Å². The van der Waals surface area contributed by atoms with Gasteiger partial charge in [0.05, 0.1) is 0 Å². The number of carbonyl (C=O) groups is 2. The topological polar surface area (TPSA) is 78.1 Å². The quantitative estimate of drug-likeness (QED) is 0.913. The van der Waals surface area contributed by atoms with Crippen molar-refractivity contribution in [2.24, 2.45) is 5.92 Å². The van der Waals surface area contributed by atoms with Crippen LogP contribution in [-0.4, -0.2) is 33.0 Å². The molecule has 0 bridgehead atoms. The zero-order valence-electron chi connectivity index (χ0n) is 13.2. The second kappa shape index (κ2) is 6.24. The third-order valence-corrected chi connectivity index (χ3v) is 4.40. The van der Waals surface area contributed by atoms with E-state index in [-0.39, 0.29) is 17.7 Å². The van der Waals surface area contributed by atoms with Crippen molar-refractivity contribution in [1.82, 2.24) is 15.1 Å². The molecule has 2 heterocycles. The van der Waals surface area contributed by atoms with E-state index in [0.717, 1.165) is 17.7 Å². The molecule has 6 nitrogen and oxygen atoms in total. The smallest absolute Gasteiger partial charge is 0.272 e. The molecule has 0 spiro atoms. The second-order valence-electron chi connectivity index (χ2n) is 5.88. The van der Waals surface area contributed by atoms with E-state index >= 15 is 0 Å². The van der Waals surface area contributed by atoms with Gasteiger partial charge in [-0.2, -0.15) is 5.10 Å². The number of fused-ring (bicyclic) bond motifs is 1. The number of aromatic amines is 1. The molecule has 0 unspecified atom stereocenters. The molecule has 1 aliphatic rings. The summed E-state index contributed by atoms with van der Waals surface area (Å²) in [7, 11) is 0. The van der Waals surface area contributed by atoms with Crippen LogP contribution in [0.2, 0.25) is 0 Å². The number of hydrogen-bond acceptors (Lipinski definition) is 3. The van der Waals surface area contributed by atoms with Gasteiger partial charge in [-0.25, -0.2) is 0 Å². The van der Waals surface area contributed by atoms with Crippen LogP contribution in [0.5, 0.6) is 0 Å². The van der Waals surface area contributed by atoms with Crippen LogP contribution in [0.25, 0.3) is 0 Å². The Bertz CT molecular complexity index is 711. The van der Waals surface area contributed by atoms with E-state index in [1.807, 2.05) is 38.1 Å². The van der Waals surface area contributed by atoms with E-state index in [2.05, 4.69) is 15.5 Å². The molecule has 3 rings (SSSR count). The van der Waals surface area contributed by atoms with Gasteiger partial charge in [0, 0.05) is 18.4 Å². The first-order valence-electron chi connectivity index (χ1n) is 7.81. The molecule has 2 amide bonds. The minimum Gasteiger partial charge on any atom is -0.324 e. The van der Waals surface area contributed by atoms with Crippen molar-refractivity contribution in [3.05, 3.63) is 47.8 Å². The molecule has 23 heavy (non-hydrogen) atoms. The van der Waals surface area contributed by atoms with Gasteiger partial charge >= 0.3 is 0 Å². The molecule has 0 aliphatic carbocycles. The third-order valence-electron chi connectivity index (χ3n) is 4.40. The fourth-order valence-electron chi connectivity index (χ4n) is 2.93. The number of nitrogens with zero attached hydrogens (tertiary/aromatic N) is 2. The maximum atomic E-state index is 12.9. The highest BCUT2D eigenvalue weighted by Gasteiger charge is 2.37. The zero-order chi connectivity index (χ0) is 16.4. The van der Waals surface area contributed by atoms with Gasteiger partial charge in [0.2, 0.25) is 5.91 Å². The van der Waals surface area contributed by atoms with Crippen LogP contribution < -0.4 is 5.32 Å². The van der Waals surface area contributed by atoms with Crippen LogP contribution in [0.1, 0.15) is 36.3 Å². The van der Waals surface area contributed by atoms with Crippen molar-refractivity contribution < 1.29 is 9.59 Å². The maximum absolute atomic E-state index is 12.9. The fourth-order valence-corrected chi connectivity index (χ4v) is 2.93. The number of benzene rings is 1. The maximum Gasteiger partial charge on any atom is 0.272 e. The highest BCUT2D eigenvalue weighted by Crippen LogP contribution is 2.28. The summed E-state index contributed by atoms with van der Waals surface area (Å²) >= 11 is 0. The molecule has 0 saturated heterocycles. The minimum atomic E-state index is -0.511. The molecule has 6 heteroatoms. The molecule has 0 radical (unpaired) electrons. The second-order valence-corrected chi connectivity index (χ2v) is 5.88. The molecule has 0 fully saturated rings. The highest BCUT2D eigenvalue weighted by atomic mass is 16.2. The van der Waals surface area contributed by atoms with Crippen molar-refractivity contribution in [3.63, 3.8) is 0 Å². The first kappa shape index (κ1) is 15.3. The Kier molecular flexibility index (Phi) is 4.14. The van der Waals surface area contributed by atoms with E-state index < -0.39 is 6.04 Å². The summed E-state index contributed by atoms with van der Waals surface area (Å²) in [5.41, 5.74) is 2.09. The van der Waals surface area contributed by atoms with Crippen LogP contribution in [0.4, 0.5) is 5.69 Å². The lowest BCUT2D eigenvalue weighted by Gasteiger charge is -2.32. The van der Waals surface area contributed by atoms with Crippen molar-refractivity contribution in [2.45, 2.75) is 32.9 Å². The Morgan fingerprint density at radius 1 is 1.39 bits per heavy atom. The molecule has 2 N–H and O–H groups in total. The lowest BCUT2D eigenvalue weighted by molar-refractivity contribution is -0.122. The van der Waals surface area contributed by atoms with E-state index in [9.17, 15) is 9.59 Å². The SMILES string of the molecule is CC[C@H](C)[C@H]1C(=O)Nc2ccccc2CN1C(=O)c1ccn[nH]1. The predicted molar refractivity (Wildman–Crippen MR) is 86.8 cm³/mol. The summed E-state index contributed by atoms with van der Waals surface area (Å²) in [4.78, 5) is 27.2. The molecular weight excluding hydrogens is 292 g/mol. The van der Waals surface area contributed by atoms with Gasteiger partial charge < -0.3 is 10.2 Å². The molecule has 1 aromatic carbocycles. The third kappa shape index (κ3) is 2.84. The number of nitrogens with one attached hydrogen (secondary N) is 2. The highest BCUT2D eigenvalue weighted by molar-refractivity contribution is 6.02. The predicted octanol–water partition coefficient (Wildman–Crippen LogP) is 2.42. The monoisotopic (exact) mass is 312 g/mol. The number of carbonyl (C=O) groups excluding carboxylic acids is 2. The molecule has 1 aromatic heterocycles. The molecule has 1 aliphatic heterocycles. The van der Waals surface area contributed by atoms with Crippen molar-refractivity contribution in [1.29, 1.82) is 0 Å². The number of hydrogen-bond donors (Lipinski definition) is 2. The van der Waals surface area contributed by atoms with Crippen molar-refractivity contribution in [3.8, 4) is 0 Å². The van der Waals surface area contributed by atoms with Gasteiger partial charge in [0.1, 0.15) is 11.7 Å². The number of amides is 2. The Labute approximate surface area is 134 Å². The zero-order valence-corrected chi connectivity index (χ0v) is 13.2. The van der Waals surface area contributed by atoms with Gasteiger partial charge in [-0.05, 0) is 23.6 Å². The van der Waals surface area contributed by atoms with Gasteiger partial charge in [0.25, 0.3) is 5.91 Å². The summed E-state index contributed by atoms with van der Waals surface area (Å²) in [5, 5.41) is 9.50. The molecule has 120 valence electrons. The van der Waals surface area contributed by atoms with Crippen molar-refractivity contribution in [2.75, 3.05) is 5.32 Å². The first-order chi connectivity index (χ1) is 11.1. The van der Waals surface area contributed by atoms with Gasteiger partial charge in [-0.1, -0.05) is 38.5 Å². The number of para-hydroxylation sites is 1. The number of H-pyrrole nitrogens is 1. The Hall–Kier alpha value is -2.63. The lowest BCUT2D eigenvalue weighted by Crippen LogP contribution is -2.49. The normalized spacial score (nSPS) is 18.8. The average Bonchev–Trinajstić information content (AvgIpc) is 3.04. The number of rotatable bonds is 3. The Balaban J connectivity index is 2.03. The van der Waals surface area contributed by atoms with Gasteiger partial charge in [-0.3, -0.25) is 14.7 Å².